The Kier molecular flexibility index (Phi) is 7.17. The smallest absolute Gasteiger partial charge is 0.313 e. The number of fused-ring (bicyclic) bond motifs is 1. The Labute approximate surface area is 227 Å². The monoisotopic (exact) mass is 521 g/mol. The van der Waals surface area contributed by atoms with Gasteiger partial charge in [-0.3, -0.25) is 9.78 Å². The standard InChI is InChI=1S/C33H28ClNO3/c1-33(2,32(36)37)26-16-14-23(15-17-26)21-38-27-11-6-10-24(19-27)30-25(18-22-8-4-3-5-9-22)20-35-31-28(30)12-7-13-29(31)34/h3-17,19-20H,18,21H2,1-2H3,(H,36,37). The van der Waals surface area contributed by atoms with Gasteiger partial charge in [0.1, 0.15) is 12.4 Å². The summed E-state index contributed by atoms with van der Waals surface area (Å²) in [4.78, 5) is 16.3. The summed E-state index contributed by atoms with van der Waals surface area (Å²) in [7, 11) is 0. The van der Waals surface area contributed by atoms with Gasteiger partial charge in [0.2, 0.25) is 0 Å². The van der Waals surface area contributed by atoms with Gasteiger partial charge in [-0.25, -0.2) is 0 Å². The summed E-state index contributed by atoms with van der Waals surface area (Å²) in [5.74, 6) is -0.107. The number of ether oxygens (including phenoxy) is 1. The first-order valence-corrected chi connectivity index (χ1v) is 12.9. The molecule has 190 valence electrons. The van der Waals surface area contributed by atoms with Crippen LogP contribution in [0.1, 0.15) is 36.1 Å². The summed E-state index contributed by atoms with van der Waals surface area (Å²) in [6.45, 7) is 3.78. The summed E-state index contributed by atoms with van der Waals surface area (Å²) in [6, 6.07) is 31.8. The zero-order chi connectivity index (χ0) is 26.7. The van der Waals surface area contributed by atoms with Gasteiger partial charge >= 0.3 is 5.97 Å². The summed E-state index contributed by atoms with van der Waals surface area (Å²) in [6.07, 6.45) is 2.67. The lowest BCUT2D eigenvalue weighted by molar-refractivity contribution is -0.142. The highest BCUT2D eigenvalue weighted by Crippen LogP contribution is 2.36. The Bertz CT molecular complexity index is 1590. The maximum absolute atomic E-state index is 11.6. The van der Waals surface area contributed by atoms with E-state index >= 15 is 0 Å². The molecule has 1 N–H and O–H groups in total. The third-order valence-corrected chi connectivity index (χ3v) is 7.21. The van der Waals surface area contributed by atoms with Crippen LogP contribution in [0.25, 0.3) is 22.0 Å². The van der Waals surface area contributed by atoms with Crippen molar-refractivity contribution in [1.82, 2.24) is 4.98 Å². The fourth-order valence-corrected chi connectivity index (χ4v) is 4.79. The first-order chi connectivity index (χ1) is 18.3. The van der Waals surface area contributed by atoms with Crippen LogP contribution in [-0.4, -0.2) is 16.1 Å². The number of rotatable bonds is 8. The number of carbonyl (C=O) groups is 1. The Morgan fingerprint density at radius 3 is 2.37 bits per heavy atom. The lowest BCUT2D eigenvalue weighted by Gasteiger charge is -2.20. The second kappa shape index (κ2) is 10.7. The van der Waals surface area contributed by atoms with E-state index in [1.165, 1.54) is 5.56 Å². The van der Waals surface area contributed by atoms with E-state index < -0.39 is 11.4 Å². The van der Waals surface area contributed by atoms with Crippen molar-refractivity contribution in [3.05, 3.63) is 131 Å². The zero-order valence-corrected chi connectivity index (χ0v) is 22.1. The van der Waals surface area contributed by atoms with Gasteiger partial charge in [-0.1, -0.05) is 90.5 Å². The van der Waals surface area contributed by atoms with Crippen LogP contribution in [0.3, 0.4) is 0 Å². The summed E-state index contributed by atoms with van der Waals surface area (Å²) >= 11 is 6.51. The van der Waals surface area contributed by atoms with Gasteiger partial charge in [0.15, 0.2) is 0 Å². The van der Waals surface area contributed by atoms with E-state index in [2.05, 4.69) is 24.3 Å². The van der Waals surface area contributed by atoms with Crippen LogP contribution < -0.4 is 4.74 Å². The highest BCUT2D eigenvalue weighted by atomic mass is 35.5. The van der Waals surface area contributed by atoms with E-state index in [9.17, 15) is 9.90 Å². The van der Waals surface area contributed by atoms with Crippen molar-refractivity contribution < 1.29 is 14.6 Å². The molecule has 4 nitrogen and oxygen atoms in total. The Morgan fingerprint density at radius 1 is 0.895 bits per heavy atom. The Balaban J connectivity index is 1.45. The van der Waals surface area contributed by atoms with Crippen LogP contribution in [-0.2, 0) is 23.2 Å². The van der Waals surface area contributed by atoms with Gasteiger partial charge in [-0.15, -0.1) is 0 Å². The fraction of sp³-hybridized carbons (Fsp3) is 0.152. The van der Waals surface area contributed by atoms with Crippen LogP contribution in [0, 0.1) is 0 Å². The third kappa shape index (κ3) is 5.27. The van der Waals surface area contributed by atoms with Crippen molar-refractivity contribution in [2.75, 3.05) is 0 Å². The quantitative estimate of drug-likeness (QED) is 0.224. The van der Waals surface area contributed by atoms with E-state index in [1.54, 1.807) is 13.8 Å². The number of aliphatic carboxylic acids is 1. The highest BCUT2D eigenvalue weighted by Gasteiger charge is 2.29. The molecule has 1 aromatic heterocycles. The zero-order valence-electron chi connectivity index (χ0n) is 21.3. The van der Waals surface area contributed by atoms with Crippen molar-refractivity contribution in [3.63, 3.8) is 0 Å². The number of aromatic nitrogens is 1. The summed E-state index contributed by atoms with van der Waals surface area (Å²) in [5, 5.41) is 11.1. The molecule has 0 spiro atoms. The molecule has 0 saturated heterocycles. The highest BCUT2D eigenvalue weighted by molar-refractivity contribution is 6.35. The molecule has 0 saturated carbocycles. The average Bonchev–Trinajstić information content (AvgIpc) is 2.93. The minimum atomic E-state index is -0.943. The molecule has 4 aromatic carbocycles. The van der Waals surface area contributed by atoms with Gasteiger partial charge in [0, 0.05) is 11.6 Å². The van der Waals surface area contributed by atoms with E-state index in [-0.39, 0.29) is 0 Å². The van der Waals surface area contributed by atoms with E-state index in [0.29, 0.717) is 11.6 Å². The maximum Gasteiger partial charge on any atom is 0.313 e. The lowest BCUT2D eigenvalue weighted by Crippen LogP contribution is -2.28. The predicted molar refractivity (Wildman–Crippen MR) is 153 cm³/mol. The molecule has 0 atom stereocenters. The van der Waals surface area contributed by atoms with Crippen LogP contribution in [0.4, 0.5) is 0 Å². The number of nitrogens with zero attached hydrogens (tertiary/aromatic N) is 1. The van der Waals surface area contributed by atoms with Gasteiger partial charge in [0.25, 0.3) is 0 Å². The van der Waals surface area contributed by atoms with Gasteiger partial charge in [0.05, 0.1) is 16.0 Å². The second-order valence-electron chi connectivity index (χ2n) is 9.90. The van der Waals surface area contributed by atoms with E-state index in [4.69, 9.17) is 21.3 Å². The first-order valence-electron chi connectivity index (χ1n) is 12.5. The Morgan fingerprint density at radius 2 is 1.63 bits per heavy atom. The first kappa shape index (κ1) is 25.5. The van der Waals surface area contributed by atoms with Gasteiger partial charge < -0.3 is 9.84 Å². The molecule has 0 amide bonds. The molecule has 5 aromatic rings. The number of carboxylic acids is 1. The van der Waals surface area contributed by atoms with Crippen molar-refractivity contribution in [2.24, 2.45) is 0 Å². The summed E-state index contributed by atoms with van der Waals surface area (Å²) < 4.78 is 6.16. The van der Waals surface area contributed by atoms with E-state index in [1.807, 2.05) is 79.0 Å². The van der Waals surface area contributed by atoms with Crippen LogP contribution >= 0.6 is 11.6 Å². The molecule has 5 rings (SSSR count). The predicted octanol–water partition coefficient (Wildman–Crippen LogP) is 8.09. The molecule has 5 heteroatoms. The third-order valence-electron chi connectivity index (χ3n) is 6.90. The van der Waals surface area contributed by atoms with Crippen molar-refractivity contribution in [3.8, 4) is 16.9 Å². The molecule has 1 heterocycles. The molecule has 0 fully saturated rings. The van der Waals surface area contributed by atoms with Crippen LogP contribution in [0.2, 0.25) is 5.02 Å². The molecular formula is C33H28ClNO3. The van der Waals surface area contributed by atoms with Crippen molar-refractivity contribution in [2.45, 2.75) is 32.3 Å². The molecule has 0 aliphatic heterocycles. The molecule has 38 heavy (non-hydrogen) atoms. The largest absolute Gasteiger partial charge is 0.489 e. The van der Waals surface area contributed by atoms with Crippen LogP contribution in [0.5, 0.6) is 5.75 Å². The normalized spacial score (nSPS) is 11.4. The summed E-state index contributed by atoms with van der Waals surface area (Å²) in [5.41, 5.74) is 5.99. The number of hydrogen-bond donors (Lipinski definition) is 1. The lowest BCUT2D eigenvalue weighted by atomic mass is 9.84. The van der Waals surface area contributed by atoms with Gasteiger partial charge in [-0.05, 0) is 71.8 Å². The average molecular weight is 522 g/mol. The molecule has 0 aliphatic carbocycles. The molecule has 0 aliphatic rings. The number of carboxylic acid groups (broad SMARTS) is 1. The topological polar surface area (TPSA) is 59.4 Å². The number of hydrogen-bond acceptors (Lipinski definition) is 3. The van der Waals surface area contributed by atoms with Crippen molar-refractivity contribution in [1.29, 1.82) is 0 Å². The molecule has 0 unspecified atom stereocenters. The number of halogens is 1. The minimum Gasteiger partial charge on any atom is -0.489 e. The Hall–Kier alpha value is -4.15. The fourth-order valence-electron chi connectivity index (χ4n) is 4.57. The maximum atomic E-state index is 11.6. The molecule has 0 radical (unpaired) electrons. The van der Waals surface area contributed by atoms with Gasteiger partial charge in [-0.2, -0.15) is 0 Å². The van der Waals surface area contributed by atoms with Crippen molar-refractivity contribution >= 4 is 28.5 Å². The molecule has 0 bridgehead atoms. The SMILES string of the molecule is CC(C)(C(=O)O)c1ccc(COc2cccc(-c3c(Cc4ccccc4)cnc4c(Cl)cccc34)c2)cc1. The molecular weight excluding hydrogens is 494 g/mol. The number of para-hydroxylation sites is 1. The van der Waals surface area contributed by atoms with Crippen LogP contribution in [0.15, 0.2) is 103 Å². The second-order valence-corrected chi connectivity index (χ2v) is 10.3. The minimum absolute atomic E-state index is 0.372. The number of pyridine rings is 1. The number of benzene rings is 4. The van der Waals surface area contributed by atoms with E-state index in [0.717, 1.165) is 50.9 Å².